The van der Waals surface area contributed by atoms with Gasteiger partial charge in [-0.05, 0) is 30.0 Å². The highest BCUT2D eigenvalue weighted by molar-refractivity contribution is 5.90. The van der Waals surface area contributed by atoms with Gasteiger partial charge in [-0.15, -0.1) is 0 Å². The first-order valence-electron chi connectivity index (χ1n) is 8.65. The minimum atomic E-state index is -0.488. The number of hydrogen-bond donors (Lipinski definition) is 2. The van der Waals surface area contributed by atoms with E-state index in [0.29, 0.717) is 13.0 Å². The standard InChI is InChI=1S/C19H23N3O3/c1-2-17(23)20-10-9-18(24)22-12-14-6-4-3-5-13(14)11-16(22)19(25)21-15-7-8-15/h2-6,15-16H,1,7-12H2,(H,20,23)(H,21,25)/t16-/m1/s1. The van der Waals surface area contributed by atoms with Crippen LogP contribution in [0.4, 0.5) is 0 Å². The van der Waals surface area contributed by atoms with Crippen LogP contribution in [-0.4, -0.2) is 41.2 Å². The Bertz CT molecular complexity index is 697. The third kappa shape index (κ3) is 4.26. The molecular formula is C19H23N3O3. The summed E-state index contributed by atoms with van der Waals surface area (Å²) in [4.78, 5) is 38.1. The van der Waals surface area contributed by atoms with Gasteiger partial charge in [0.05, 0.1) is 0 Å². The first-order valence-corrected chi connectivity index (χ1v) is 8.65. The van der Waals surface area contributed by atoms with Crippen molar-refractivity contribution in [1.82, 2.24) is 15.5 Å². The predicted octanol–water partition coefficient (Wildman–Crippen LogP) is 0.911. The van der Waals surface area contributed by atoms with Gasteiger partial charge in [0.1, 0.15) is 6.04 Å². The molecule has 1 fully saturated rings. The second-order valence-corrected chi connectivity index (χ2v) is 6.54. The number of benzene rings is 1. The van der Waals surface area contributed by atoms with Crippen molar-refractivity contribution in [3.63, 3.8) is 0 Å². The van der Waals surface area contributed by atoms with Gasteiger partial charge in [-0.3, -0.25) is 14.4 Å². The predicted molar refractivity (Wildman–Crippen MR) is 93.5 cm³/mol. The van der Waals surface area contributed by atoms with E-state index < -0.39 is 6.04 Å². The van der Waals surface area contributed by atoms with E-state index in [0.717, 1.165) is 24.0 Å². The largest absolute Gasteiger partial charge is 0.352 e. The van der Waals surface area contributed by atoms with Gasteiger partial charge in [0.15, 0.2) is 0 Å². The lowest BCUT2D eigenvalue weighted by Gasteiger charge is -2.36. The van der Waals surface area contributed by atoms with Crippen LogP contribution >= 0.6 is 0 Å². The van der Waals surface area contributed by atoms with Gasteiger partial charge in [-0.2, -0.15) is 0 Å². The molecule has 1 heterocycles. The van der Waals surface area contributed by atoms with Crippen molar-refractivity contribution in [2.45, 2.75) is 44.3 Å². The summed E-state index contributed by atoms with van der Waals surface area (Å²) in [6.45, 7) is 4.04. The Hall–Kier alpha value is -2.63. The Morgan fingerprint density at radius 1 is 1.20 bits per heavy atom. The van der Waals surface area contributed by atoms with E-state index in [-0.39, 0.29) is 36.7 Å². The third-order valence-electron chi connectivity index (χ3n) is 4.62. The van der Waals surface area contributed by atoms with Crippen LogP contribution < -0.4 is 10.6 Å². The fourth-order valence-corrected chi connectivity index (χ4v) is 3.05. The lowest BCUT2D eigenvalue weighted by Crippen LogP contribution is -2.53. The lowest BCUT2D eigenvalue weighted by molar-refractivity contribution is -0.141. The molecule has 1 aliphatic carbocycles. The molecule has 6 nitrogen and oxygen atoms in total. The minimum absolute atomic E-state index is 0.0829. The van der Waals surface area contributed by atoms with E-state index in [1.807, 2.05) is 24.3 Å². The summed E-state index contributed by atoms with van der Waals surface area (Å²) in [7, 11) is 0. The van der Waals surface area contributed by atoms with E-state index >= 15 is 0 Å². The van der Waals surface area contributed by atoms with E-state index in [9.17, 15) is 14.4 Å². The molecule has 0 aromatic heterocycles. The lowest BCUT2D eigenvalue weighted by atomic mass is 9.93. The Morgan fingerprint density at radius 2 is 1.92 bits per heavy atom. The van der Waals surface area contributed by atoms with Crippen LogP contribution in [0.2, 0.25) is 0 Å². The number of amides is 3. The molecular weight excluding hydrogens is 318 g/mol. The summed E-state index contributed by atoms with van der Waals surface area (Å²) in [6.07, 6.45) is 3.88. The molecule has 2 N–H and O–H groups in total. The van der Waals surface area contributed by atoms with Crippen molar-refractivity contribution in [2.24, 2.45) is 0 Å². The van der Waals surface area contributed by atoms with E-state index in [1.54, 1.807) is 4.90 Å². The third-order valence-corrected chi connectivity index (χ3v) is 4.62. The summed E-state index contributed by atoms with van der Waals surface area (Å²) < 4.78 is 0. The van der Waals surface area contributed by atoms with Gasteiger partial charge in [-0.25, -0.2) is 0 Å². The molecule has 1 saturated carbocycles. The van der Waals surface area contributed by atoms with Crippen molar-refractivity contribution in [3.05, 3.63) is 48.0 Å². The van der Waals surface area contributed by atoms with Crippen molar-refractivity contribution < 1.29 is 14.4 Å². The van der Waals surface area contributed by atoms with Gasteiger partial charge in [0.2, 0.25) is 17.7 Å². The quantitative estimate of drug-likeness (QED) is 0.755. The molecule has 1 aromatic rings. The summed E-state index contributed by atoms with van der Waals surface area (Å²) in [5.74, 6) is -0.518. The number of nitrogens with one attached hydrogen (secondary N) is 2. The molecule has 1 aromatic carbocycles. The number of hydrogen-bond acceptors (Lipinski definition) is 3. The average Bonchev–Trinajstić information content (AvgIpc) is 3.44. The Balaban J connectivity index is 1.70. The van der Waals surface area contributed by atoms with Crippen LogP contribution in [0.1, 0.15) is 30.4 Å². The molecule has 0 radical (unpaired) electrons. The van der Waals surface area contributed by atoms with Gasteiger partial charge in [0.25, 0.3) is 0 Å². The van der Waals surface area contributed by atoms with Crippen molar-refractivity contribution in [2.75, 3.05) is 6.54 Å². The molecule has 3 amide bonds. The summed E-state index contributed by atoms with van der Waals surface area (Å²) >= 11 is 0. The second kappa shape index (κ2) is 7.51. The SMILES string of the molecule is C=CC(=O)NCCC(=O)N1Cc2ccccc2C[C@@H]1C(=O)NC1CC1. The highest BCUT2D eigenvalue weighted by Gasteiger charge is 2.36. The van der Waals surface area contributed by atoms with Crippen LogP contribution in [0.3, 0.4) is 0 Å². The molecule has 25 heavy (non-hydrogen) atoms. The fourth-order valence-electron chi connectivity index (χ4n) is 3.05. The van der Waals surface area contributed by atoms with Crippen LogP contribution in [0, 0.1) is 0 Å². The van der Waals surface area contributed by atoms with E-state index in [4.69, 9.17) is 0 Å². The molecule has 1 atom stereocenters. The first kappa shape index (κ1) is 17.2. The maximum atomic E-state index is 12.7. The van der Waals surface area contributed by atoms with Gasteiger partial charge in [0, 0.05) is 32.0 Å². The Labute approximate surface area is 147 Å². The number of nitrogens with zero attached hydrogens (tertiary/aromatic N) is 1. The smallest absolute Gasteiger partial charge is 0.243 e. The summed E-state index contributed by atoms with van der Waals surface area (Å²) in [5.41, 5.74) is 2.18. The minimum Gasteiger partial charge on any atom is -0.352 e. The molecule has 3 rings (SSSR count). The van der Waals surface area contributed by atoms with Crippen LogP contribution in [0.15, 0.2) is 36.9 Å². The molecule has 2 aliphatic rings. The van der Waals surface area contributed by atoms with E-state index in [1.165, 1.54) is 6.08 Å². The molecule has 6 heteroatoms. The van der Waals surface area contributed by atoms with Crippen molar-refractivity contribution in [3.8, 4) is 0 Å². The van der Waals surface area contributed by atoms with Crippen molar-refractivity contribution in [1.29, 1.82) is 0 Å². The highest BCUT2D eigenvalue weighted by atomic mass is 16.2. The number of carbonyl (C=O) groups excluding carboxylic acids is 3. The average molecular weight is 341 g/mol. The zero-order chi connectivity index (χ0) is 17.8. The molecule has 0 spiro atoms. The molecule has 1 aliphatic heterocycles. The molecule has 0 unspecified atom stereocenters. The van der Waals surface area contributed by atoms with Gasteiger partial charge in [-0.1, -0.05) is 30.8 Å². The summed E-state index contributed by atoms with van der Waals surface area (Å²) in [6, 6.07) is 7.67. The highest BCUT2D eigenvalue weighted by Crippen LogP contribution is 2.25. The number of fused-ring (bicyclic) bond motifs is 1. The van der Waals surface area contributed by atoms with Gasteiger partial charge < -0.3 is 15.5 Å². The normalized spacial score (nSPS) is 18.9. The zero-order valence-electron chi connectivity index (χ0n) is 14.2. The maximum absolute atomic E-state index is 12.7. The van der Waals surface area contributed by atoms with E-state index in [2.05, 4.69) is 17.2 Å². The van der Waals surface area contributed by atoms with Gasteiger partial charge >= 0.3 is 0 Å². The topological polar surface area (TPSA) is 78.5 Å². The Morgan fingerprint density at radius 3 is 2.60 bits per heavy atom. The molecule has 132 valence electrons. The molecule has 0 bridgehead atoms. The maximum Gasteiger partial charge on any atom is 0.243 e. The number of rotatable bonds is 6. The van der Waals surface area contributed by atoms with Crippen molar-refractivity contribution >= 4 is 17.7 Å². The first-order chi connectivity index (χ1) is 12.1. The Kier molecular flexibility index (Phi) is 5.16. The van der Waals surface area contributed by atoms with Crippen LogP contribution in [0.5, 0.6) is 0 Å². The van der Waals surface area contributed by atoms with Crippen LogP contribution in [-0.2, 0) is 27.3 Å². The van der Waals surface area contributed by atoms with Crippen LogP contribution in [0.25, 0.3) is 0 Å². The summed E-state index contributed by atoms with van der Waals surface area (Å²) in [5, 5.41) is 5.61. The fraction of sp³-hybridized carbons (Fsp3) is 0.421. The number of carbonyl (C=O) groups is 3. The monoisotopic (exact) mass is 341 g/mol. The molecule has 0 saturated heterocycles. The second-order valence-electron chi connectivity index (χ2n) is 6.54. The zero-order valence-corrected chi connectivity index (χ0v) is 14.2.